The third-order valence-electron chi connectivity index (χ3n) is 4.16. The van der Waals surface area contributed by atoms with Crippen molar-refractivity contribution in [2.75, 3.05) is 13.2 Å². The molecular weight excluding hydrogens is 320 g/mol. The SMILES string of the molecule is CCC(C)(C)OCCC(C)(C)NC(=O)CCN(C=O)C(=O)CC(C)C. The third kappa shape index (κ3) is 10.9. The lowest BCUT2D eigenvalue weighted by molar-refractivity contribution is -0.139. The van der Waals surface area contributed by atoms with Crippen molar-refractivity contribution in [3.05, 3.63) is 0 Å². The fraction of sp³-hybridized carbons (Fsp3) is 0.842. The normalized spacial score (nSPS) is 12.2. The molecule has 6 heteroatoms. The Labute approximate surface area is 152 Å². The zero-order chi connectivity index (χ0) is 19.7. The largest absolute Gasteiger partial charge is 0.375 e. The maximum Gasteiger partial charge on any atom is 0.229 e. The van der Waals surface area contributed by atoms with Gasteiger partial charge in [-0.25, -0.2) is 0 Å². The molecule has 0 unspecified atom stereocenters. The third-order valence-corrected chi connectivity index (χ3v) is 4.16. The van der Waals surface area contributed by atoms with E-state index in [9.17, 15) is 14.4 Å². The van der Waals surface area contributed by atoms with Gasteiger partial charge in [0, 0.05) is 31.5 Å². The Kier molecular flexibility index (Phi) is 9.93. The number of amides is 3. The molecule has 0 aromatic heterocycles. The number of hydrogen-bond acceptors (Lipinski definition) is 4. The highest BCUT2D eigenvalue weighted by molar-refractivity contribution is 5.87. The minimum atomic E-state index is -0.408. The molecule has 0 spiro atoms. The summed E-state index contributed by atoms with van der Waals surface area (Å²) in [7, 11) is 0. The van der Waals surface area contributed by atoms with Crippen LogP contribution in [-0.4, -0.2) is 47.4 Å². The van der Waals surface area contributed by atoms with Gasteiger partial charge in [-0.3, -0.25) is 19.3 Å². The standard InChI is InChI=1S/C19H36N2O4/c1-8-19(6,7)25-12-10-18(4,5)20-16(23)9-11-21(14-22)17(24)13-15(2)3/h14-15H,8-13H2,1-7H3,(H,20,23). The minimum absolute atomic E-state index is 0.104. The first kappa shape index (κ1) is 23.6. The van der Waals surface area contributed by atoms with Crippen LogP contribution in [0.15, 0.2) is 0 Å². The summed E-state index contributed by atoms with van der Waals surface area (Å²) in [6.07, 6.45) is 2.52. The zero-order valence-electron chi connectivity index (χ0n) is 17.0. The molecule has 0 saturated heterocycles. The number of rotatable bonds is 12. The Hall–Kier alpha value is -1.43. The topological polar surface area (TPSA) is 75.7 Å². The second-order valence-electron chi connectivity index (χ2n) is 8.18. The van der Waals surface area contributed by atoms with Gasteiger partial charge in [0.05, 0.1) is 5.60 Å². The molecule has 0 heterocycles. The number of imide groups is 1. The van der Waals surface area contributed by atoms with Crippen molar-refractivity contribution >= 4 is 18.2 Å². The van der Waals surface area contributed by atoms with E-state index in [0.717, 1.165) is 11.3 Å². The van der Waals surface area contributed by atoms with Crippen molar-refractivity contribution in [2.24, 2.45) is 5.92 Å². The minimum Gasteiger partial charge on any atom is -0.375 e. The van der Waals surface area contributed by atoms with Gasteiger partial charge in [0.1, 0.15) is 0 Å². The maximum atomic E-state index is 12.1. The summed E-state index contributed by atoms with van der Waals surface area (Å²) in [6, 6.07) is 0. The van der Waals surface area contributed by atoms with E-state index in [-0.39, 0.29) is 36.3 Å². The molecule has 0 rings (SSSR count). The van der Waals surface area contributed by atoms with E-state index < -0.39 is 5.54 Å². The van der Waals surface area contributed by atoms with Gasteiger partial charge < -0.3 is 10.1 Å². The summed E-state index contributed by atoms with van der Waals surface area (Å²) < 4.78 is 5.83. The average molecular weight is 357 g/mol. The summed E-state index contributed by atoms with van der Waals surface area (Å²) in [5.74, 6) is -0.244. The van der Waals surface area contributed by atoms with E-state index in [1.807, 2.05) is 41.5 Å². The van der Waals surface area contributed by atoms with Gasteiger partial charge in [-0.1, -0.05) is 20.8 Å². The number of carbonyl (C=O) groups excluding carboxylic acids is 3. The smallest absolute Gasteiger partial charge is 0.229 e. The molecule has 146 valence electrons. The fourth-order valence-electron chi connectivity index (χ4n) is 2.11. The average Bonchev–Trinajstić information content (AvgIpc) is 2.46. The summed E-state index contributed by atoms with van der Waals surface area (Å²) in [5.41, 5.74) is -0.573. The molecular formula is C19H36N2O4. The first-order valence-electron chi connectivity index (χ1n) is 9.12. The summed E-state index contributed by atoms with van der Waals surface area (Å²) in [6.45, 7) is 14.5. The highest BCUT2D eigenvalue weighted by atomic mass is 16.5. The number of carbonyl (C=O) groups is 3. The Morgan fingerprint density at radius 2 is 1.80 bits per heavy atom. The molecule has 3 amide bonds. The lowest BCUT2D eigenvalue weighted by Gasteiger charge is -2.30. The molecule has 0 saturated carbocycles. The summed E-state index contributed by atoms with van der Waals surface area (Å²) in [4.78, 5) is 36.2. The van der Waals surface area contributed by atoms with Crippen LogP contribution in [0.1, 0.15) is 74.1 Å². The van der Waals surface area contributed by atoms with Crippen LogP contribution in [0.3, 0.4) is 0 Å². The van der Waals surface area contributed by atoms with Crippen LogP contribution >= 0.6 is 0 Å². The second-order valence-corrected chi connectivity index (χ2v) is 8.18. The van der Waals surface area contributed by atoms with Crippen LogP contribution in [0.25, 0.3) is 0 Å². The molecule has 0 radical (unpaired) electrons. The van der Waals surface area contributed by atoms with E-state index in [2.05, 4.69) is 12.2 Å². The predicted octanol–water partition coefficient (Wildman–Crippen LogP) is 2.90. The van der Waals surface area contributed by atoms with E-state index in [1.54, 1.807) is 0 Å². The lowest BCUT2D eigenvalue weighted by atomic mass is 10.0. The highest BCUT2D eigenvalue weighted by Crippen LogP contribution is 2.16. The molecule has 0 aromatic carbocycles. The van der Waals surface area contributed by atoms with Crippen LogP contribution in [0, 0.1) is 5.92 Å². The number of nitrogens with zero attached hydrogens (tertiary/aromatic N) is 1. The molecule has 6 nitrogen and oxygen atoms in total. The van der Waals surface area contributed by atoms with Crippen molar-refractivity contribution in [2.45, 2.75) is 85.3 Å². The van der Waals surface area contributed by atoms with Crippen LogP contribution in [0.5, 0.6) is 0 Å². The summed E-state index contributed by atoms with van der Waals surface area (Å²) in [5, 5.41) is 2.95. The van der Waals surface area contributed by atoms with Crippen molar-refractivity contribution < 1.29 is 19.1 Å². The van der Waals surface area contributed by atoms with Crippen LogP contribution in [0.2, 0.25) is 0 Å². The fourth-order valence-corrected chi connectivity index (χ4v) is 2.11. The van der Waals surface area contributed by atoms with E-state index in [4.69, 9.17) is 4.74 Å². The van der Waals surface area contributed by atoms with Crippen molar-refractivity contribution in [3.63, 3.8) is 0 Å². The molecule has 0 bridgehead atoms. The maximum absolute atomic E-state index is 12.1. The molecule has 25 heavy (non-hydrogen) atoms. The molecule has 0 aliphatic rings. The van der Waals surface area contributed by atoms with Gasteiger partial charge in [0.2, 0.25) is 18.2 Å². The highest BCUT2D eigenvalue weighted by Gasteiger charge is 2.23. The number of ether oxygens (including phenoxy) is 1. The van der Waals surface area contributed by atoms with Crippen molar-refractivity contribution in [1.29, 1.82) is 0 Å². The zero-order valence-corrected chi connectivity index (χ0v) is 17.0. The molecule has 0 fully saturated rings. The van der Waals surface area contributed by atoms with Crippen LogP contribution < -0.4 is 5.32 Å². The Balaban J connectivity index is 4.33. The number of nitrogens with one attached hydrogen (secondary N) is 1. The Morgan fingerprint density at radius 1 is 1.20 bits per heavy atom. The first-order valence-corrected chi connectivity index (χ1v) is 9.12. The molecule has 1 N–H and O–H groups in total. The van der Waals surface area contributed by atoms with Gasteiger partial charge in [0.15, 0.2) is 0 Å². The molecule has 0 atom stereocenters. The van der Waals surface area contributed by atoms with E-state index >= 15 is 0 Å². The van der Waals surface area contributed by atoms with Crippen LogP contribution in [-0.2, 0) is 19.1 Å². The predicted molar refractivity (Wildman–Crippen MR) is 99.0 cm³/mol. The quantitative estimate of drug-likeness (QED) is 0.546. The van der Waals surface area contributed by atoms with Crippen LogP contribution in [0.4, 0.5) is 0 Å². The molecule has 0 aliphatic carbocycles. The Morgan fingerprint density at radius 3 is 2.28 bits per heavy atom. The van der Waals surface area contributed by atoms with Crippen molar-refractivity contribution in [1.82, 2.24) is 10.2 Å². The molecule has 0 aliphatic heterocycles. The van der Waals surface area contributed by atoms with Gasteiger partial charge in [0.25, 0.3) is 0 Å². The van der Waals surface area contributed by atoms with Gasteiger partial charge in [-0.15, -0.1) is 0 Å². The van der Waals surface area contributed by atoms with Gasteiger partial charge in [-0.05, 0) is 46.5 Å². The second kappa shape index (κ2) is 10.5. The number of hydrogen-bond donors (Lipinski definition) is 1. The Bertz CT molecular complexity index is 445. The van der Waals surface area contributed by atoms with E-state index in [0.29, 0.717) is 25.9 Å². The van der Waals surface area contributed by atoms with E-state index in [1.165, 1.54) is 0 Å². The van der Waals surface area contributed by atoms with Gasteiger partial charge >= 0.3 is 0 Å². The monoisotopic (exact) mass is 356 g/mol. The van der Waals surface area contributed by atoms with Crippen molar-refractivity contribution in [3.8, 4) is 0 Å². The van der Waals surface area contributed by atoms with Gasteiger partial charge in [-0.2, -0.15) is 0 Å². The summed E-state index contributed by atoms with van der Waals surface area (Å²) >= 11 is 0. The first-order chi connectivity index (χ1) is 11.4. The lowest BCUT2D eigenvalue weighted by Crippen LogP contribution is -2.46. The molecule has 0 aromatic rings.